The van der Waals surface area contributed by atoms with Crippen molar-refractivity contribution in [1.82, 2.24) is 0 Å². The molecule has 0 heterocycles. The van der Waals surface area contributed by atoms with E-state index < -0.39 is 0 Å². The molecule has 0 unspecified atom stereocenters. The molecule has 0 aliphatic heterocycles. The van der Waals surface area contributed by atoms with Crippen molar-refractivity contribution in [2.24, 2.45) is 0 Å². The average Bonchev–Trinajstić information content (AvgIpc) is 2.60. The molecule has 114 valence electrons. The Morgan fingerprint density at radius 2 is 0.917 bits per heavy atom. The van der Waals surface area contributed by atoms with Gasteiger partial charge in [-0.05, 0) is 66.7 Å². The van der Waals surface area contributed by atoms with Crippen LogP contribution in [0.4, 0.5) is 11.4 Å². The topological polar surface area (TPSA) is 52.0 Å². The van der Waals surface area contributed by atoms with E-state index in [4.69, 9.17) is 11.5 Å². The number of rotatable bonds is 0. The van der Waals surface area contributed by atoms with Crippen molar-refractivity contribution in [2.45, 2.75) is 0 Å². The lowest BCUT2D eigenvalue weighted by molar-refractivity contribution is 1.58. The van der Waals surface area contributed by atoms with E-state index in [0.717, 1.165) is 33.6 Å². The molecule has 4 N–H and O–H groups in total. The molecule has 0 amide bonds. The summed E-state index contributed by atoms with van der Waals surface area (Å²) in [5, 5.41) is 0. The molecule has 0 saturated carbocycles. The molecule has 3 aromatic rings. The fourth-order valence-corrected chi connectivity index (χ4v) is 2.11. The summed E-state index contributed by atoms with van der Waals surface area (Å²) in [5.41, 5.74) is 16.6. The Morgan fingerprint density at radius 3 is 1.42 bits per heavy atom. The molecule has 0 spiro atoms. The summed E-state index contributed by atoms with van der Waals surface area (Å²) in [6.07, 6.45) is 0. The lowest BCUT2D eigenvalue weighted by Gasteiger charge is -1.94. The lowest BCUT2D eigenvalue weighted by Crippen LogP contribution is -1.84. The fourth-order valence-electron chi connectivity index (χ4n) is 2.11. The van der Waals surface area contributed by atoms with E-state index in [-0.39, 0.29) is 0 Å². The highest BCUT2D eigenvalue weighted by Gasteiger charge is 1.91. The summed E-state index contributed by atoms with van der Waals surface area (Å²) >= 11 is 0. The van der Waals surface area contributed by atoms with Crippen LogP contribution < -0.4 is 11.5 Å². The quantitative estimate of drug-likeness (QED) is 0.492. The normalized spacial score (nSPS) is 9.33. The molecule has 0 bridgehead atoms. The van der Waals surface area contributed by atoms with Crippen molar-refractivity contribution < 1.29 is 0 Å². The van der Waals surface area contributed by atoms with Crippen molar-refractivity contribution >= 4 is 11.4 Å². The zero-order valence-corrected chi connectivity index (χ0v) is 13.1. The molecule has 24 heavy (non-hydrogen) atoms. The Balaban J connectivity index is 1.74. The van der Waals surface area contributed by atoms with Gasteiger partial charge in [0.2, 0.25) is 0 Å². The summed E-state index contributed by atoms with van der Waals surface area (Å²) in [4.78, 5) is 0. The summed E-state index contributed by atoms with van der Waals surface area (Å²) in [6.45, 7) is 0. The fraction of sp³-hybridized carbons (Fsp3) is 0. The molecule has 0 aromatic heterocycles. The molecule has 2 nitrogen and oxygen atoms in total. The summed E-state index contributed by atoms with van der Waals surface area (Å²) < 4.78 is 0. The highest BCUT2D eigenvalue weighted by atomic mass is 14.5. The van der Waals surface area contributed by atoms with E-state index in [1.165, 1.54) is 0 Å². The molecule has 0 aliphatic carbocycles. The van der Waals surface area contributed by atoms with Gasteiger partial charge < -0.3 is 11.5 Å². The van der Waals surface area contributed by atoms with Gasteiger partial charge in [0.05, 0.1) is 0 Å². The minimum atomic E-state index is 0.718. The highest BCUT2D eigenvalue weighted by molar-refractivity contribution is 5.51. The first-order chi connectivity index (χ1) is 11.7. The molecule has 0 aliphatic rings. The van der Waals surface area contributed by atoms with Gasteiger partial charge in [-0.2, -0.15) is 0 Å². The minimum Gasteiger partial charge on any atom is -0.399 e. The third-order valence-corrected chi connectivity index (χ3v) is 3.38. The SMILES string of the molecule is Nc1ccc(C#Cc2ccc(C#Cc3cccc(N)c3)cc2)cc1. The predicted molar refractivity (Wildman–Crippen MR) is 100 cm³/mol. The smallest absolute Gasteiger partial charge is 0.0326 e. The Morgan fingerprint density at radius 1 is 0.458 bits per heavy atom. The Kier molecular flexibility index (Phi) is 4.52. The standard InChI is InChI=1S/C22H16N2/c23-21-14-12-19(13-15-21)9-8-17-4-6-18(7-5-17)10-11-20-2-1-3-22(24)16-20/h1-7,12-16H,23-24H2. The second-order valence-electron chi connectivity index (χ2n) is 5.32. The van der Waals surface area contributed by atoms with Crippen molar-refractivity contribution in [3.05, 3.63) is 95.1 Å². The van der Waals surface area contributed by atoms with Gasteiger partial charge in [-0.3, -0.25) is 0 Å². The summed E-state index contributed by atoms with van der Waals surface area (Å²) in [5.74, 6) is 12.5. The number of nitrogens with two attached hydrogens (primary N) is 2. The van der Waals surface area contributed by atoms with Gasteiger partial charge >= 0.3 is 0 Å². The second-order valence-corrected chi connectivity index (χ2v) is 5.32. The molecule has 0 fully saturated rings. The zero-order chi connectivity index (χ0) is 16.8. The summed E-state index contributed by atoms with van der Waals surface area (Å²) in [7, 11) is 0. The first-order valence-electron chi connectivity index (χ1n) is 7.54. The van der Waals surface area contributed by atoms with Crippen LogP contribution >= 0.6 is 0 Å². The van der Waals surface area contributed by atoms with E-state index in [1.807, 2.05) is 72.8 Å². The maximum Gasteiger partial charge on any atom is 0.0326 e. The monoisotopic (exact) mass is 308 g/mol. The molecular weight excluding hydrogens is 292 g/mol. The van der Waals surface area contributed by atoms with E-state index in [2.05, 4.69) is 23.7 Å². The molecule has 2 heteroatoms. The van der Waals surface area contributed by atoms with E-state index in [0.29, 0.717) is 0 Å². The average molecular weight is 308 g/mol. The van der Waals surface area contributed by atoms with Crippen LogP contribution in [0.1, 0.15) is 22.3 Å². The van der Waals surface area contributed by atoms with Crippen molar-refractivity contribution in [3.63, 3.8) is 0 Å². The van der Waals surface area contributed by atoms with Gasteiger partial charge in [0.25, 0.3) is 0 Å². The lowest BCUT2D eigenvalue weighted by atomic mass is 10.1. The number of hydrogen-bond donors (Lipinski definition) is 2. The maximum atomic E-state index is 5.75. The van der Waals surface area contributed by atoms with Crippen LogP contribution in [0.5, 0.6) is 0 Å². The number of anilines is 2. The van der Waals surface area contributed by atoms with Crippen LogP contribution in [0.15, 0.2) is 72.8 Å². The van der Waals surface area contributed by atoms with Gasteiger partial charge in [0, 0.05) is 33.6 Å². The Bertz CT molecular complexity index is 961. The third kappa shape index (κ3) is 4.19. The van der Waals surface area contributed by atoms with Crippen LogP contribution in [0, 0.1) is 23.7 Å². The van der Waals surface area contributed by atoms with Crippen molar-refractivity contribution in [1.29, 1.82) is 0 Å². The van der Waals surface area contributed by atoms with Gasteiger partial charge in [-0.15, -0.1) is 0 Å². The zero-order valence-electron chi connectivity index (χ0n) is 13.1. The van der Waals surface area contributed by atoms with Crippen LogP contribution in [-0.2, 0) is 0 Å². The Hall–Kier alpha value is -3.62. The molecule has 0 radical (unpaired) electrons. The van der Waals surface area contributed by atoms with E-state index >= 15 is 0 Å². The van der Waals surface area contributed by atoms with Gasteiger partial charge in [-0.1, -0.05) is 29.7 Å². The number of nitrogen functional groups attached to an aromatic ring is 2. The molecule has 3 rings (SSSR count). The highest BCUT2D eigenvalue weighted by Crippen LogP contribution is 2.07. The first kappa shape index (κ1) is 15.3. The minimum absolute atomic E-state index is 0.718. The Labute approximate surface area is 142 Å². The van der Waals surface area contributed by atoms with Gasteiger partial charge in [-0.25, -0.2) is 0 Å². The van der Waals surface area contributed by atoms with Crippen LogP contribution in [0.25, 0.3) is 0 Å². The third-order valence-electron chi connectivity index (χ3n) is 3.38. The molecular formula is C22H16N2. The van der Waals surface area contributed by atoms with Gasteiger partial charge in [0.15, 0.2) is 0 Å². The number of benzene rings is 3. The molecule has 0 atom stereocenters. The first-order valence-corrected chi connectivity index (χ1v) is 7.54. The second kappa shape index (κ2) is 7.09. The van der Waals surface area contributed by atoms with Gasteiger partial charge in [0.1, 0.15) is 0 Å². The molecule has 0 saturated heterocycles. The predicted octanol–water partition coefficient (Wildman–Crippen LogP) is 3.65. The van der Waals surface area contributed by atoms with E-state index in [9.17, 15) is 0 Å². The van der Waals surface area contributed by atoms with Crippen LogP contribution in [0.2, 0.25) is 0 Å². The van der Waals surface area contributed by atoms with Crippen LogP contribution in [0.3, 0.4) is 0 Å². The maximum absolute atomic E-state index is 5.75. The van der Waals surface area contributed by atoms with E-state index in [1.54, 1.807) is 0 Å². The molecule has 3 aromatic carbocycles. The number of hydrogen-bond acceptors (Lipinski definition) is 2. The largest absolute Gasteiger partial charge is 0.399 e. The summed E-state index contributed by atoms with van der Waals surface area (Å²) in [6, 6.07) is 22.9. The van der Waals surface area contributed by atoms with Crippen LogP contribution in [-0.4, -0.2) is 0 Å². The van der Waals surface area contributed by atoms with Crippen molar-refractivity contribution in [2.75, 3.05) is 11.5 Å². The van der Waals surface area contributed by atoms with Crippen molar-refractivity contribution in [3.8, 4) is 23.7 Å².